The molecule has 1 aliphatic heterocycles. The largest absolute Gasteiger partial charge is 0.506 e. The molecule has 5 heteroatoms. The smallest absolute Gasteiger partial charge is 0.138 e. The van der Waals surface area contributed by atoms with Gasteiger partial charge in [-0.3, -0.25) is 0 Å². The standard InChI is InChI=1S/C12H16ClNO2.ClH/c13-10-3-1-2-9(12(10)15)11(14)8-4-6-16-7-5-8;/h1-3,8,11,15H,4-7,14H2;1H/t11-;/m0./s1. The maximum absolute atomic E-state index is 9.86. The first-order chi connectivity index (χ1) is 7.70. The molecule has 1 atom stereocenters. The van der Waals surface area contributed by atoms with Crippen LogP contribution in [0.1, 0.15) is 24.4 Å². The van der Waals surface area contributed by atoms with Crippen LogP contribution >= 0.6 is 24.0 Å². The van der Waals surface area contributed by atoms with Gasteiger partial charge in [-0.25, -0.2) is 0 Å². The Hall–Kier alpha value is -0.480. The van der Waals surface area contributed by atoms with Crippen molar-refractivity contribution in [3.05, 3.63) is 28.8 Å². The van der Waals surface area contributed by atoms with Crippen LogP contribution in [0.25, 0.3) is 0 Å². The quantitative estimate of drug-likeness (QED) is 0.874. The van der Waals surface area contributed by atoms with Crippen molar-refractivity contribution in [2.45, 2.75) is 18.9 Å². The number of aromatic hydroxyl groups is 1. The number of hydrogen-bond acceptors (Lipinski definition) is 3. The molecule has 0 saturated carbocycles. The van der Waals surface area contributed by atoms with E-state index in [1.807, 2.05) is 12.1 Å². The van der Waals surface area contributed by atoms with Crippen molar-refractivity contribution in [1.29, 1.82) is 0 Å². The molecule has 1 aromatic carbocycles. The summed E-state index contributed by atoms with van der Waals surface area (Å²) in [5.74, 6) is 0.473. The summed E-state index contributed by atoms with van der Waals surface area (Å²) in [5.41, 5.74) is 6.90. The molecule has 1 aliphatic rings. The highest BCUT2D eigenvalue weighted by molar-refractivity contribution is 6.32. The molecule has 0 unspecified atom stereocenters. The van der Waals surface area contributed by atoms with Gasteiger partial charge in [0.15, 0.2) is 0 Å². The van der Waals surface area contributed by atoms with Crippen LogP contribution in [0.3, 0.4) is 0 Å². The molecule has 0 aromatic heterocycles. The van der Waals surface area contributed by atoms with Crippen molar-refractivity contribution in [3.8, 4) is 5.75 Å². The molecule has 1 aromatic rings. The molecule has 0 bridgehead atoms. The van der Waals surface area contributed by atoms with Gasteiger partial charge in [0.25, 0.3) is 0 Å². The van der Waals surface area contributed by atoms with Crippen LogP contribution in [0, 0.1) is 5.92 Å². The lowest BCUT2D eigenvalue weighted by Gasteiger charge is -2.28. The zero-order valence-corrected chi connectivity index (χ0v) is 11.0. The predicted molar refractivity (Wildman–Crippen MR) is 70.8 cm³/mol. The van der Waals surface area contributed by atoms with Gasteiger partial charge in [-0.1, -0.05) is 23.7 Å². The molecule has 0 amide bonds. The van der Waals surface area contributed by atoms with Crippen molar-refractivity contribution in [2.75, 3.05) is 13.2 Å². The van der Waals surface area contributed by atoms with Crippen LogP contribution in [0.4, 0.5) is 0 Å². The van der Waals surface area contributed by atoms with E-state index in [4.69, 9.17) is 22.1 Å². The maximum atomic E-state index is 9.86. The van der Waals surface area contributed by atoms with Crippen molar-refractivity contribution < 1.29 is 9.84 Å². The SMILES string of the molecule is Cl.N[C@H](c1cccc(Cl)c1O)C1CCOCC1. The summed E-state index contributed by atoms with van der Waals surface area (Å²) < 4.78 is 5.30. The number of hydrogen-bond donors (Lipinski definition) is 2. The first kappa shape index (κ1) is 14.6. The Bertz CT molecular complexity index is 368. The van der Waals surface area contributed by atoms with E-state index in [-0.39, 0.29) is 24.2 Å². The molecule has 17 heavy (non-hydrogen) atoms. The molecule has 3 N–H and O–H groups in total. The minimum Gasteiger partial charge on any atom is -0.506 e. The number of phenols is 1. The topological polar surface area (TPSA) is 55.5 Å². The Morgan fingerprint density at radius 1 is 1.35 bits per heavy atom. The summed E-state index contributed by atoms with van der Waals surface area (Å²) in [6.07, 6.45) is 1.88. The maximum Gasteiger partial charge on any atom is 0.138 e. The van der Waals surface area contributed by atoms with E-state index in [9.17, 15) is 5.11 Å². The highest BCUT2D eigenvalue weighted by atomic mass is 35.5. The van der Waals surface area contributed by atoms with Crippen molar-refractivity contribution >= 4 is 24.0 Å². The van der Waals surface area contributed by atoms with Gasteiger partial charge in [0.05, 0.1) is 5.02 Å². The van der Waals surface area contributed by atoms with Gasteiger partial charge in [-0.05, 0) is 24.8 Å². The second-order valence-corrected chi connectivity index (χ2v) is 4.56. The second-order valence-electron chi connectivity index (χ2n) is 4.15. The molecule has 3 nitrogen and oxygen atoms in total. The van der Waals surface area contributed by atoms with Gasteiger partial charge < -0.3 is 15.6 Å². The van der Waals surface area contributed by atoms with E-state index in [1.165, 1.54) is 0 Å². The Labute approximate surface area is 112 Å². The zero-order valence-electron chi connectivity index (χ0n) is 9.43. The third-order valence-electron chi connectivity index (χ3n) is 3.15. The van der Waals surface area contributed by atoms with Crippen LogP contribution in [-0.4, -0.2) is 18.3 Å². The number of para-hydroxylation sites is 1. The molecular formula is C12H17Cl2NO2. The summed E-state index contributed by atoms with van der Waals surface area (Å²) in [4.78, 5) is 0. The third-order valence-corrected chi connectivity index (χ3v) is 3.46. The Balaban J connectivity index is 0.00000144. The molecule has 1 saturated heterocycles. The summed E-state index contributed by atoms with van der Waals surface area (Å²) in [7, 11) is 0. The van der Waals surface area contributed by atoms with Crippen LogP contribution in [0.2, 0.25) is 5.02 Å². The summed E-state index contributed by atoms with van der Waals surface area (Å²) in [6.45, 7) is 1.50. The molecule has 1 heterocycles. The molecule has 0 spiro atoms. The van der Waals surface area contributed by atoms with E-state index >= 15 is 0 Å². The monoisotopic (exact) mass is 277 g/mol. The number of benzene rings is 1. The molecule has 0 radical (unpaired) electrons. The van der Waals surface area contributed by atoms with Crippen molar-refractivity contribution in [3.63, 3.8) is 0 Å². The first-order valence-electron chi connectivity index (χ1n) is 5.51. The van der Waals surface area contributed by atoms with E-state index < -0.39 is 0 Å². The minimum absolute atomic E-state index is 0. The highest BCUT2D eigenvalue weighted by Gasteiger charge is 2.24. The van der Waals surface area contributed by atoms with Crippen LogP contribution in [0.5, 0.6) is 5.75 Å². The van der Waals surface area contributed by atoms with E-state index in [2.05, 4.69) is 0 Å². The van der Waals surface area contributed by atoms with Gasteiger partial charge in [-0.15, -0.1) is 12.4 Å². The average Bonchev–Trinajstić information content (AvgIpc) is 2.33. The minimum atomic E-state index is -0.164. The molecular weight excluding hydrogens is 261 g/mol. The zero-order chi connectivity index (χ0) is 11.5. The fraction of sp³-hybridized carbons (Fsp3) is 0.500. The van der Waals surface area contributed by atoms with Gasteiger partial charge >= 0.3 is 0 Å². The van der Waals surface area contributed by atoms with Crippen molar-refractivity contribution in [1.82, 2.24) is 0 Å². The Morgan fingerprint density at radius 2 is 2.00 bits per heavy atom. The third kappa shape index (κ3) is 3.26. The first-order valence-corrected chi connectivity index (χ1v) is 5.88. The number of ether oxygens (including phenoxy) is 1. The van der Waals surface area contributed by atoms with Crippen molar-refractivity contribution in [2.24, 2.45) is 11.7 Å². The van der Waals surface area contributed by atoms with Gasteiger partial charge in [0.1, 0.15) is 5.75 Å². The van der Waals surface area contributed by atoms with Crippen LogP contribution < -0.4 is 5.73 Å². The van der Waals surface area contributed by atoms with E-state index in [0.29, 0.717) is 10.9 Å². The fourth-order valence-electron chi connectivity index (χ4n) is 2.13. The van der Waals surface area contributed by atoms with E-state index in [1.54, 1.807) is 6.07 Å². The number of phenolic OH excluding ortho intramolecular Hbond substituents is 1. The normalized spacial score (nSPS) is 18.5. The number of rotatable bonds is 2. The Morgan fingerprint density at radius 3 is 2.65 bits per heavy atom. The van der Waals surface area contributed by atoms with Gasteiger partial charge in [0.2, 0.25) is 0 Å². The van der Waals surface area contributed by atoms with Crippen LogP contribution in [-0.2, 0) is 4.74 Å². The van der Waals surface area contributed by atoms with Gasteiger partial charge in [0, 0.05) is 24.8 Å². The predicted octanol–water partition coefficient (Wildman–Crippen LogP) is 2.89. The summed E-state index contributed by atoms with van der Waals surface area (Å²) in [6, 6.07) is 5.15. The van der Waals surface area contributed by atoms with Crippen LogP contribution in [0.15, 0.2) is 18.2 Å². The molecule has 1 fully saturated rings. The number of nitrogens with two attached hydrogens (primary N) is 1. The summed E-state index contributed by atoms with van der Waals surface area (Å²) in [5, 5.41) is 10.2. The second kappa shape index (κ2) is 6.45. The van der Waals surface area contributed by atoms with E-state index in [0.717, 1.165) is 31.6 Å². The molecule has 96 valence electrons. The lowest BCUT2D eigenvalue weighted by molar-refractivity contribution is 0.0581. The molecule has 0 aliphatic carbocycles. The molecule has 2 rings (SSSR count). The lowest BCUT2D eigenvalue weighted by atomic mass is 9.87. The number of halogens is 2. The fourth-order valence-corrected chi connectivity index (χ4v) is 2.31. The summed E-state index contributed by atoms with van der Waals surface area (Å²) >= 11 is 5.87. The highest BCUT2D eigenvalue weighted by Crippen LogP contribution is 2.36. The lowest BCUT2D eigenvalue weighted by Crippen LogP contribution is -2.27. The average molecular weight is 278 g/mol. The van der Waals surface area contributed by atoms with Gasteiger partial charge in [-0.2, -0.15) is 0 Å². The Kier molecular flexibility index (Phi) is 5.53.